The first kappa shape index (κ1) is 12.0. The third-order valence-electron chi connectivity index (χ3n) is 1.93. The highest BCUT2D eigenvalue weighted by atomic mass is 16.5. The fourth-order valence-electron chi connectivity index (χ4n) is 1.03. The molecule has 1 atom stereocenters. The predicted molar refractivity (Wildman–Crippen MR) is 52.2 cm³/mol. The molecule has 88 valence electrons. The molecule has 0 spiro atoms. The van der Waals surface area contributed by atoms with E-state index in [0.29, 0.717) is 0 Å². The van der Waals surface area contributed by atoms with Gasteiger partial charge in [-0.05, 0) is 11.6 Å². The molecule has 1 rings (SSSR count). The zero-order valence-corrected chi connectivity index (χ0v) is 8.89. The summed E-state index contributed by atoms with van der Waals surface area (Å²) in [4.78, 5) is 22.2. The topological polar surface area (TPSA) is 102 Å². The van der Waals surface area contributed by atoms with E-state index in [1.807, 2.05) is 0 Å². The van der Waals surface area contributed by atoms with Crippen LogP contribution in [0.4, 0.5) is 0 Å². The number of carbonyl (C=O) groups is 2. The molecular formula is C9H12N2O5. The SMILES string of the molecule is CCC(NC(=O)c1cc(OC)no1)C(=O)O. The van der Waals surface area contributed by atoms with E-state index in [-0.39, 0.29) is 18.1 Å². The van der Waals surface area contributed by atoms with E-state index in [1.165, 1.54) is 13.2 Å². The van der Waals surface area contributed by atoms with E-state index in [4.69, 9.17) is 9.84 Å². The van der Waals surface area contributed by atoms with Gasteiger partial charge in [0.25, 0.3) is 11.8 Å². The predicted octanol–water partition coefficient (Wildman–Crippen LogP) is 0.276. The third kappa shape index (κ3) is 2.72. The number of carbonyl (C=O) groups excluding carboxylic acids is 1. The van der Waals surface area contributed by atoms with Crippen LogP contribution in [0.25, 0.3) is 0 Å². The summed E-state index contributed by atoms with van der Waals surface area (Å²) in [5, 5.41) is 14.5. The molecule has 1 unspecified atom stereocenters. The Hall–Kier alpha value is -2.05. The Bertz CT molecular complexity index is 387. The van der Waals surface area contributed by atoms with Gasteiger partial charge in [0.05, 0.1) is 13.2 Å². The molecule has 1 aromatic heterocycles. The number of carboxylic acids is 1. The van der Waals surface area contributed by atoms with Gasteiger partial charge < -0.3 is 19.7 Å². The van der Waals surface area contributed by atoms with Gasteiger partial charge in [0.15, 0.2) is 0 Å². The molecular weight excluding hydrogens is 216 g/mol. The van der Waals surface area contributed by atoms with Crippen molar-refractivity contribution in [1.29, 1.82) is 0 Å². The van der Waals surface area contributed by atoms with Crippen molar-refractivity contribution in [2.45, 2.75) is 19.4 Å². The minimum absolute atomic E-state index is 0.0865. The largest absolute Gasteiger partial charge is 0.480 e. The van der Waals surface area contributed by atoms with Crippen molar-refractivity contribution in [3.05, 3.63) is 11.8 Å². The fraction of sp³-hybridized carbons (Fsp3) is 0.444. The highest BCUT2D eigenvalue weighted by molar-refractivity contribution is 5.94. The Morgan fingerprint density at radius 3 is 2.81 bits per heavy atom. The van der Waals surface area contributed by atoms with Crippen LogP contribution < -0.4 is 10.1 Å². The Balaban J connectivity index is 2.67. The van der Waals surface area contributed by atoms with E-state index >= 15 is 0 Å². The number of nitrogens with zero attached hydrogens (tertiary/aromatic N) is 1. The van der Waals surface area contributed by atoms with E-state index in [2.05, 4.69) is 15.0 Å². The number of aromatic nitrogens is 1. The van der Waals surface area contributed by atoms with Crippen LogP contribution in [0.1, 0.15) is 23.9 Å². The molecule has 7 nitrogen and oxygen atoms in total. The molecule has 0 aliphatic rings. The van der Waals surface area contributed by atoms with Crippen molar-refractivity contribution in [2.75, 3.05) is 7.11 Å². The first-order valence-corrected chi connectivity index (χ1v) is 4.62. The van der Waals surface area contributed by atoms with Gasteiger partial charge >= 0.3 is 5.97 Å². The smallest absolute Gasteiger partial charge is 0.326 e. The molecule has 16 heavy (non-hydrogen) atoms. The van der Waals surface area contributed by atoms with E-state index in [0.717, 1.165) is 0 Å². The Labute approximate surface area is 91.4 Å². The van der Waals surface area contributed by atoms with Gasteiger partial charge in [-0.15, -0.1) is 0 Å². The van der Waals surface area contributed by atoms with Crippen molar-refractivity contribution >= 4 is 11.9 Å². The number of hydrogen-bond acceptors (Lipinski definition) is 5. The number of ether oxygens (including phenoxy) is 1. The van der Waals surface area contributed by atoms with E-state index in [1.54, 1.807) is 6.92 Å². The van der Waals surface area contributed by atoms with Crippen molar-refractivity contribution in [2.24, 2.45) is 0 Å². The van der Waals surface area contributed by atoms with Crippen LogP contribution in [0.3, 0.4) is 0 Å². The summed E-state index contributed by atoms with van der Waals surface area (Å²) >= 11 is 0. The molecule has 2 N–H and O–H groups in total. The standard InChI is InChI=1S/C9H12N2O5/c1-3-5(9(13)14)10-8(12)6-4-7(15-2)11-16-6/h4-5H,3H2,1-2H3,(H,10,12)(H,13,14). The first-order chi connectivity index (χ1) is 7.58. The number of methoxy groups -OCH3 is 1. The zero-order chi connectivity index (χ0) is 12.1. The minimum atomic E-state index is -1.10. The van der Waals surface area contributed by atoms with Gasteiger partial charge in [-0.25, -0.2) is 4.79 Å². The molecule has 0 aromatic carbocycles. The van der Waals surface area contributed by atoms with Crippen LogP contribution in [0.5, 0.6) is 5.88 Å². The van der Waals surface area contributed by atoms with E-state index < -0.39 is 17.9 Å². The summed E-state index contributed by atoms with van der Waals surface area (Å²) in [5.41, 5.74) is 0. The molecule has 0 bridgehead atoms. The van der Waals surface area contributed by atoms with Crippen LogP contribution in [-0.4, -0.2) is 35.3 Å². The number of amides is 1. The highest BCUT2D eigenvalue weighted by Crippen LogP contribution is 2.10. The maximum atomic E-state index is 11.5. The maximum absolute atomic E-state index is 11.5. The summed E-state index contributed by atoms with van der Waals surface area (Å²) in [6.45, 7) is 1.65. The van der Waals surface area contributed by atoms with Crippen LogP contribution in [-0.2, 0) is 4.79 Å². The van der Waals surface area contributed by atoms with Crippen molar-refractivity contribution < 1.29 is 24.0 Å². The van der Waals surface area contributed by atoms with Crippen LogP contribution >= 0.6 is 0 Å². The second-order valence-corrected chi connectivity index (χ2v) is 3.01. The summed E-state index contributed by atoms with van der Waals surface area (Å²) in [6, 6.07) is 0.341. The Morgan fingerprint density at radius 1 is 1.69 bits per heavy atom. The number of nitrogens with one attached hydrogen (secondary N) is 1. The van der Waals surface area contributed by atoms with Gasteiger partial charge in [-0.3, -0.25) is 4.79 Å². The molecule has 1 aromatic rings. The average Bonchev–Trinajstić information content (AvgIpc) is 2.73. The van der Waals surface area contributed by atoms with Gasteiger partial charge in [0.1, 0.15) is 6.04 Å². The molecule has 1 amide bonds. The highest BCUT2D eigenvalue weighted by Gasteiger charge is 2.21. The Morgan fingerprint density at radius 2 is 2.38 bits per heavy atom. The summed E-state index contributed by atoms with van der Waals surface area (Å²) in [5.74, 6) is -1.66. The van der Waals surface area contributed by atoms with Crippen molar-refractivity contribution in [1.82, 2.24) is 10.5 Å². The molecule has 7 heteroatoms. The fourth-order valence-corrected chi connectivity index (χ4v) is 1.03. The molecule has 0 aliphatic heterocycles. The number of hydrogen-bond donors (Lipinski definition) is 2. The minimum Gasteiger partial charge on any atom is -0.480 e. The zero-order valence-electron chi connectivity index (χ0n) is 8.89. The average molecular weight is 228 g/mol. The first-order valence-electron chi connectivity index (χ1n) is 4.62. The maximum Gasteiger partial charge on any atom is 0.326 e. The lowest BCUT2D eigenvalue weighted by molar-refractivity contribution is -0.139. The molecule has 0 fully saturated rings. The molecule has 0 saturated heterocycles. The van der Waals surface area contributed by atoms with E-state index in [9.17, 15) is 9.59 Å². The normalized spacial score (nSPS) is 11.9. The number of carboxylic acid groups (broad SMARTS) is 1. The molecule has 1 heterocycles. The Kier molecular flexibility index (Phi) is 3.87. The third-order valence-corrected chi connectivity index (χ3v) is 1.93. The van der Waals surface area contributed by atoms with Crippen molar-refractivity contribution in [3.63, 3.8) is 0 Å². The molecule has 0 aliphatic carbocycles. The van der Waals surface area contributed by atoms with Gasteiger partial charge in [-0.2, -0.15) is 0 Å². The van der Waals surface area contributed by atoms with Crippen molar-refractivity contribution in [3.8, 4) is 5.88 Å². The van der Waals surface area contributed by atoms with Gasteiger partial charge in [0.2, 0.25) is 5.76 Å². The quantitative estimate of drug-likeness (QED) is 0.750. The number of aliphatic carboxylic acids is 1. The number of rotatable bonds is 5. The summed E-state index contributed by atoms with van der Waals surface area (Å²) in [6.07, 6.45) is 0.284. The lowest BCUT2D eigenvalue weighted by atomic mass is 10.2. The second kappa shape index (κ2) is 5.15. The monoisotopic (exact) mass is 228 g/mol. The van der Waals surface area contributed by atoms with Gasteiger partial charge in [-0.1, -0.05) is 6.92 Å². The van der Waals surface area contributed by atoms with Crippen LogP contribution in [0.2, 0.25) is 0 Å². The lowest BCUT2D eigenvalue weighted by Gasteiger charge is -2.09. The molecule has 0 saturated carbocycles. The molecule has 0 radical (unpaired) electrons. The lowest BCUT2D eigenvalue weighted by Crippen LogP contribution is -2.40. The summed E-state index contributed by atoms with van der Waals surface area (Å²) in [7, 11) is 1.38. The summed E-state index contributed by atoms with van der Waals surface area (Å²) < 4.78 is 9.39. The van der Waals surface area contributed by atoms with Gasteiger partial charge in [0, 0.05) is 0 Å². The van der Waals surface area contributed by atoms with Crippen LogP contribution in [0.15, 0.2) is 10.6 Å². The second-order valence-electron chi connectivity index (χ2n) is 3.01. The van der Waals surface area contributed by atoms with Crippen LogP contribution in [0, 0.1) is 0 Å².